The smallest absolute Gasteiger partial charge is 0.346 e. The van der Waals surface area contributed by atoms with Gasteiger partial charge in [-0.25, -0.2) is 9.78 Å². The molecule has 0 amide bonds. The molecule has 3 aromatic rings. The van der Waals surface area contributed by atoms with Gasteiger partial charge in [0.1, 0.15) is 10.8 Å². The second-order valence-corrected chi connectivity index (χ2v) is 9.76. The predicted molar refractivity (Wildman–Crippen MR) is 143 cm³/mol. The molecule has 0 saturated heterocycles. The maximum atomic E-state index is 13.4. The molecule has 1 heterocycles. The van der Waals surface area contributed by atoms with E-state index in [4.69, 9.17) is 30.8 Å². The van der Waals surface area contributed by atoms with Gasteiger partial charge in [0.15, 0.2) is 17.6 Å². The van der Waals surface area contributed by atoms with E-state index in [1.165, 1.54) is 31.5 Å². The number of hydrogen-bond donors (Lipinski definition) is 0. The summed E-state index contributed by atoms with van der Waals surface area (Å²) < 4.78 is 17.8. The van der Waals surface area contributed by atoms with E-state index < -0.39 is 12.1 Å². The Morgan fingerprint density at radius 2 is 1.97 bits per heavy atom. The molecule has 36 heavy (non-hydrogen) atoms. The van der Waals surface area contributed by atoms with Crippen LogP contribution in [-0.2, 0) is 9.53 Å². The van der Waals surface area contributed by atoms with E-state index in [1.54, 1.807) is 19.1 Å². The van der Waals surface area contributed by atoms with Crippen molar-refractivity contribution in [3.8, 4) is 11.5 Å². The lowest BCUT2D eigenvalue weighted by atomic mass is 9.88. The molecule has 1 aromatic heterocycles. The zero-order chi connectivity index (χ0) is 25.8. The van der Waals surface area contributed by atoms with Crippen LogP contribution >= 0.6 is 27.5 Å². The number of esters is 1. The third-order valence-electron chi connectivity index (χ3n) is 6.26. The molecular weight excluding hydrogens is 550 g/mol. The van der Waals surface area contributed by atoms with Gasteiger partial charge in [-0.1, -0.05) is 43.0 Å². The second-order valence-electron chi connectivity index (χ2n) is 8.59. The molecule has 2 aromatic carbocycles. The van der Waals surface area contributed by atoms with Gasteiger partial charge in [0.25, 0.3) is 5.56 Å². The molecule has 8 nitrogen and oxygen atoms in total. The highest BCUT2D eigenvalue weighted by atomic mass is 79.9. The molecule has 1 atom stereocenters. The quantitative estimate of drug-likeness (QED) is 0.265. The number of aromatic nitrogens is 2. The van der Waals surface area contributed by atoms with Crippen LogP contribution in [0, 0.1) is 0 Å². The van der Waals surface area contributed by atoms with Crippen molar-refractivity contribution in [1.29, 1.82) is 0 Å². The Balaban J connectivity index is 1.78. The fourth-order valence-electron chi connectivity index (χ4n) is 4.35. The normalized spacial score (nSPS) is 15.2. The van der Waals surface area contributed by atoms with Crippen LogP contribution in [0.5, 0.6) is 11.5 Å². The van der Waals surface area contributed by atoms with Crippen LogP contribution in [0.25, 0.3) is 10.9 Å². The summed E-state index contributed by atoms with van der Waals surface area (Å²) in [4.78, 5) is 30.1. The van der Waals surface area contributed by atoms with Gasteiger partial charge in [0.05, 0.1) is 31.3 Å². The maximum Gasteiger partial charge on any atom is 0.346 e. The van der Waals surface area contributed by atoms with Crippen molar-refractivity contribution in [3.05, 3.63) is 61.6 Å². The van der Waals surface area contributed by atoms with Crippen molar-refractivity contribution in [2.75, 3.05) is 14.2 Å². The molecular formula is C26H27BrClN3O5. The molecule has 0 N–H and O–H groups in total. The van der Waals surface area contributed by atoms with Crippen LogP contribution in [0.4, 0.5) is 0 Å². The Labute approximate surface area is 222 Å². The minimum atomic E-state index is -0.895. The first kappa shape index (κ1) is 26.2. The Bertz CT molecular complexity index is 1370. The largest absolute Gasteiger partial charge is 0.493 e. The van der Waals surface area contributed by atoms with Gasteiger partial charge in [0, 0.05) is 16.0 Å². The van der Waals surface area contributed by atoms with Gasteiger partial charge in [-0.2, -0.15) is 9.78 Å². The number of carbonyl (C=O) groups excluding carboxylic acids is 1. The zero-order valence-corrected chi connectivity index (χ0v) is 22.6. The number of ether oxygens (including phenoxy) is 3. The SMILES string of the molecule is COC(=O)[C@@H](C)Oc1c(OC)cc(C=Nn2c(C3CCCCC3)nc3ccccc3c2=O)c(Br)c1Cl. The van der Waals surface area contributed by atoms with E-state index in [9.17, 15) is 9.59 Å². The lowest BCUT2D eigenvalue weighted by molar-refractivity contribution is -0.147. The van der Waals surface area contributed by atoms with Crippen LogP contribution in [0.15, 0.2) is 44.7 Å². The Morgan fingerprint density at radius 1 is 1.25 bits per heavy atom. The summed E-state index contributed by atoms with van der Waals surface area (Å²) in [6.45, 7) is 1.55. The first-order valence-electron chi connectivity index (χ1n) is 11.7. The summed E-state index contributed by atoms with van der Waals surface area (Å²) >= 11 is 10.1. The van der Waals surface area contributed by atoms with Crippen molar-refractivity contribution < 1.29 is 19.0 Å². The molecule has 1 aliphatic rings. The number of nitrogens with zero attached hydrogens (tertiary/aromatic N) is 3. The Kier molecular flexibility index (Phi) is 8.31. The number of rotatable bonds is 7. The van der Waals surface area contributed by atoms with Gasteiger partial charge in [-0.15, -0.1) is 0 Å². The first-order chi connectivity index (χ1) is 17.3. The monoisotopic (exact) mass is 575 g/mol. The topological polar surface area (TPSA) is 92.0 Å². The van der Waals surface area contributed by atoms with Gasteiger partial charge in [0.2, 0.25) is 0 Å². The molecule has 0 aliphatic heterocycles. The highest BCUT2D eigenvalue weighted by molar-refractivity contribution is 9.10. The summed E-state index contributed by atoms with van der Waals surface area (Å²) in [6.07, 6.45) is 5.96. The molecule has 4 rings (SSSR count). The summed E-state index contributed by atoms with van der Waals surface area (Å²) in [5.74, 6) is 0.764. The van der Waals surface area contributed by atoms with Gasteiger partial charge in [-0.3, -0.25) is 4.79 Å². The van der Waals surface area contributed by atoms with E-state index >= 15 is 0 Å². The molecule has 0 radical (unpaired) electrons. The van der Waals surface area contributed by atoms with Crippen LogP contribution in [-0.4, -0.2) is 42.2 Å². The van der Waals surface area contributed by atoms with Gasteiger partial charge < -0.3 is 14.2 Å². The average Bonchev–Trinajstić information content (AvgIpc) is 2.91. The fraction of sp³-hybridized carbons (Fsp3) is 0.385. The first-order valence-corrected chi connectivity index (χ1v) is 12.9. The molecule has 1 saturated carbocycles. The van der Waals surface area contributed by atoms with Crippen molar-refractivity contribution in [2.24, 2.45) is 5.10 Å². The molecule has 1 aliphatic carbocycles. The number of hydrogen-bond acceptors (Lipinski definition) is 7. The van der Waals surface area contributed by atoms with E-state index in [1.807, 2.05) is 18.2 Å². The standard InChI is InChI=1S/C26H27BrClN3O5/c1-15(26(33)35-3)36-23-20(34-2)13-17(21(27)22(23)28)14-29-31-24(16-9-5-4-6-10-16)30-19-12-8-7-11-18(19)25(31)32/h7-8,11-16H,4-6,9-10H2,1-3H3/t15-/m1/s1. The minimum absolute atomic E-state index is 0.158. The summed E-state index contributed by atoms with van der Waals surface area (Å²) in [5.41, 5.74) is 1.00. The van der Waals surface area contributed by atoms with E-state index in [0.717, 1.165) is 25.7 Å². The second kappa shape index (κ2) is 11.4. The third-order valence-corrected chi connectivity index (χ3v) is 7.71. The zero-order valence-electron chi connectivity index (χ0n) is 20.3. The lowest BCUT2D eigenvalue weighted by Crippen LogP contribution is -2.25. The molecule has 10 heteroatoms. The fourth-order valence-corrected chi connectivity index (χ4v) is 4.99. The predicted octanol–water partition coefficient (Wildman–Crippen LogP) is 5.69. The van der Waals surface area contributed by atoms with E-state index in [2.05, 4.69) is 21.0 Å². The number of halogens is 2. The summed E-state index contributed by atoms with van der Waals surface area (Å²) in [6, 6.07) is 8.97. The van der Waals surface area contributed by atoms with Crippen LogP contribution in [0.2, 0.25) is 5.02 Å². The number of para-hydroxylation sites is 1. The van der Waals surface area contributed by atoms with Crippen molar-refractivity contribution >= 4 is 50.6 Å². The average molecular weight is 577 g/mol. The molecule has 0 unspecified atom stereocenters. The number of carbonyl (C=O) groups is 1. The maximum absolute atomic E-state index is 13.4. The summed E-state index contributed by atoms with van der Waals surface area (Å²) in [7, 11) is 2.75. The molecule has 1 fully saturated rings. The van der Waals surface area contributed by atoms with Crippen molar-refractivity contribution in [2.45, 2.75) is 51.0 Å². The lowest BCUT2D eigenvalue weighted by Gasteiger charge is -2.22. The highest BCUT2D eigenvalue weighted by Gasteiger charge is 2.24. The summed E-state index contributed by atoms with van der Waals surface area (Å²) in [5, 5.41) is 5.27. The van der Waals surface area contributed by atoms with Crippen molar-refractivity contribution in [1.82, 2.24) is 9.66 Å². The Morgan fingerprint density at radius 3 is 2.67 bits per heavy atom. The number of fused-ring (bicyclic) bond motifs is 1. The van der Waals surface area contributed by atoms with Crippen LogP contribution < -0.4 is 15.0 Å². The molecule has 0 bridgehead atoms. The third kappa shape index (κ3) is 5.27. The molecule has 0 spiro atoms. The molecule has 190 valence electrons. The van der Waals surface area contributed by atoms with E-state index in [-0.39, 0.29) is 22.2 Å². The van der Waals surface area contributed by atoms with Gasteiger partial charge in [-0.05, 0) is 53.9 Å². The Hall–Kier alpha value is -2.91. The number of benzene rings is 2. The van der Waals surface area contributed by atoms with Crippen LogP contribution in [0.3, 0.4) is 0 Å². The van der Waals surface area contributed by atoms with Gasteiger partial charge >= 0.3 is 5.97 Å². The van der Waals surface area contributed by atoms with E-state index in [0.29, 0.717) is 32.5 Å². The van der Waals surface area contributed by atoms with Crippen LogP contribution in [0.1, 0.15) is 56.3 Å². The highest BCUT2D eigenvalue weighted by Crippen LogP contribution is 2.42. The minimum Gasteiger partial charge on any atom is -0.493 e. The number of methoxy groups -OCH3 is 2. The van der Waals surface area contributed by atoms with Crippen molar-refractivity contribution in [3.63, 3.8) is 0 Å².